The van der Waals surface area contributed by atoms with Crippen molar-refractivity contribution in [1.82, 2.24) is 5.32 Å². The minimum absolute atomic E-state index is 0.158. The third-order valence-corrected chi connectivity index (χ3v) is 3.77. The molecule has 5 N–H and O–H groups in total. The molecular weight excluding hydrogens is 282 g/mol. The fraction of sp³-hybridized carbons (Fsp3) is 0.562. The number of aliphatic hydroxyl groups excluding tert-OH is 1. The molecule has 1 aromatic carbocycles. The first-order chi connectivity index (χ1) is 10.7. The van der Waals surface area contributed by atoms with Gasteiger partial charge in [-0.2, -0.15) is 0 Å². The molecule has 2 amide bonds. The molecule has 0 heterocycles. The number of hydrogen-bond acceptors (Lipinski definition) is 4. The van der Waals surface area contributed by atoms with Crippen LogP contribution in [0.1, 0.15) is 32.1 Å². The first-order valence-corrected chi connectivity index (χ1v) is 7.86. The van der Waals surface area contributed by atoms with E-state index in [-0.39, 0.29) is 25.2 Å². The molecule has 0 bridgehead atoms. The van der Waals surface area contributed by atoms with Gasteiger partial charge in [-0.1, -0.05) is 19.3 Å². The Hall–Kier alpha value is -1.79. The van der Waals surface area contributed by atoms with Crippen molar-refractivity contribution in [2.24, 2.45) is 5.73 Å². The second-order valence-corrected chi connectivity index (χ2v) is 5.66. The number of aliphatic hydroxyl groups is 1. The molecule has 1 aromatic rings. The molecule has 0 aliphatic heterocycles. The molecule has 0 saturated heterocycles. The fourth-order valence-corrected chi connectivity index (χ4v) is 2.49. The number of ether oxygens (including phenoxy) is 1. The van der Waals surface area contributed by atoms with Crippen LogP contribution in [0.3, 0.4) is 0 Å². The minimum atomic E-state index is -0.668. The lowest BCUT2D eigenvalue weighted by molar-refractivity contribution is 0.114. The van der Waals surface area contributed by atoms with Crippen LogP contribution in [0.25, 0.3) is 0 Å². The summed E-state index contributed by atoms with van der Waals surface area (Å²) in [6.07, 6.45) is 5.09. The van der Waals surface area contributed by atoms with Gasteiger partial charge in [0.05, 0.1) is 0 Å². The first-order valence-electron chi connectivity index (χ1n) is 7.86. The number of rotatable bonds is 6. The molecule has 22 heavy (non-hydrogen) atoms. The summed E-state index contributed by atoms with van der Waals surface area (Å²) in [4.78, 5) is 11.9. The van der Waals surface area contributed by atoms with E-state index >= 15 is 0 Å². The van der Waals surface area contributed by atoms with Crippen molar-refractivity contribution in [3.63, 3.8) is 0 Å². The van der Waals surface area contributed by atoms with E-state index in [0.29, 0.717) is 11.4 Å². The van der Waals surface area contributed by atoms with Gasteiger partial charge >= 0.3 is 6.03 Å². The fourth-order valence-electron chi connectivity index (χ4n) is 2.49. The summed E-state index contributed by atoms with van der Waals surface area (Å²) < 4.78 is 5.38. The van der Waals surface area contributed by atoms with Crippen molar-refractivity contribution in [3.8, 4) is 5.75 Å². The Kier molecular flexibility index (Phi) is 6.48. The monoisotopic (exact) mass is 307 g/mol. The number of nitrogens with two attached hydrogens (primary N) is 1. The van der Waals surface area contributed by atoms with Gasteiger partial charge in [-0.3, -0.25) is 0 Å². The van der Waals surface area contributed by atoms with Gasteiger partial charge in [0.1, 0.15) is 18.5 Å². The highest BCUT2D eigenvalue weighted by Gasteiger charge is 2.15. The van der Waals surface area contributed by atoms with E-state index in [1.807, 2.05) is 0 Å². The molecule has 0 spiro atoms. The highest BCUT2D eigenvalue weighted by Crippen LogP contribution is 2.18. The van der Waals surface area contributed by atoms with Crippen LogP contribution in [0.2, 0.25) is 0 Å². The van der Waals surface area contributed by atoms with E-state index in [0.717, 1.165) is 12.8 Å². The van der Waals surface area contributed by atoms with Crippen LogP contribution in [0.15, 0.2) is 24.3 Å². The largest absolute Gasteiger partial charge is 0.491 e. The van der Waals surface area contributed by atoms with Gasteiger partial charge in [0.2, 0.25) is 0 Å². The summed E-state index contributed by atoms with van der Waals surface area (Å²) in [5.41, 5.74) is 6.02. The normalized spacial score (nSPS) is 16.8. The van der Waals surface area contributed by atoms with Crippen LogP contribution in [-0.2, 0) is 0 Å². The number of carbonyl (C=O) groups is 1. The van der Waals surface area contributed by atoms with E-state index in [1.54, 1.807) is 24.3 Å². The molecule has 1 fully saturated rings. The second kappa shape index (κ2) is 8.60. The van der Waals surface area contributed by atoms with Gasteiger partial charge in [0, 0.05) is 18.3 Å². The highest BCUT2D eigenvalue weighted by atomic mass is 16.5. The summed E-state index contributed by atoms with van der Waals surface area (Å²) in [5, 5.41) is 15.2. The van der Waals surface area contributed by atoms with Crippen LogP contribution in [0.4, 0.5) is 10.5 Å². The number of benzene rings is 1. The van der Waals surface area contributed by atoms with Crippen LogP contribution in [-0.4, -0.2) is 36.4 Å². The van der Waals surface area contributed by atoms with Crippen molar-refractivity contribution in [2.45, 2.75) is 44.2 Å². The smallest absolute Gasteiger partial charge is 0.319 e. The Labute approximate surface area is 131 Å². The van der Waals surface area contributed by atoms with E-state index in [9.17, 15) is 9.90 Å². The highest BCUT2D eigenvalue weighted by molar-refractivity contribution is 5.89. The van der Waals surface area contributed by atoms with Crippen molar-refractivity contribution >= 4 is 11.7 Å². The molecule has 0 radical (unpaired) electrons. The predicted molar refractivity (Wildman–Crippen MR) is 86.0 cm³/mol. The molecule has 1 aliphatic carbocycles. The van der Waals surface area contributed by atoms with Gasteiger partial charge in [-0.15, -0.1) is 0 Å². The SMILES string of the molecule is NCC(O)COc1ccc(NC(=O)NC2CCCCC2)cc1. The van der Waals surface area contributed by atoms with E-state index in [1.165, 1.54) is 19.3 Å². The Balaban J connectivity index is 1.76. The van der Waals surface area contributed by atoms with Gasteiger partial charge < -0.3 is 26.2 Å². The summed E-state index contributed by atoms with van der Waals surface area (Å²) in [7, 11) is 0. The van der Waals surface area contributed by atoms with Crippen LogP contribution in [0, 0.1) is 0 Å². The lowest BCUT2D eigenvalue weighted by atomic mass is 9.96. The van der Waals surface area contributed by atoms with Gasteiger partial charge in [0.15, 0.2) is 0 Å². The van der Waals surface area contributed by atoms with E-state index in [2.05, 4.69) is 10.6 Å². The molecule has 6 nitrogen and oxygen atoms in total. The maximum absolute atomic E-state index is 11.9. The van der Waals surface area contributed by atoms with E-state index in [4.69, 9.17) is 10.5 Å². The molecule has 122 valence electrons. The third-order valence-electron chi connectivity index (χ3n) is 3.77. The minimum Gasteiger partial charge on any atom is -0.491 e. The zero-order chi connectivity index (χ0) is 15.8. The number of hydrogen-bond donors (Lipinski definition) is 4. The molecule has 1 saturated carbocycles. The van der Waals surface area contributed by atoms with Crippen molar-refractivity contribution < 1.29 is 14.6 Å². The number of urea groups is 1. The third kappa shape index (κ3) is 5.54. The van der Waals surface area contributed by atoms with Crippen LogP contribution >= 0.6 is 0 Å². The van der Waals surface area contributed by atoms with Crippen LogP contribution < -0.4 is 21.1 Å². The molecular formula is C16H25N3O3. The lowest BCUT2D eigenvalue weighted by Gasteiger charge is -2.22. The van der Waals surface area contributed by atoms with E-state index < -0.39 is 6.10 Å². The maximum atomic E-state index is 11.9. The van der Waals surface area contributed by atoms with Crippen LogP contribution in [0.5, 0.6) is 5.75 Å². The average Bonchev–Trinajstić information content (AvgIpc) is 2.54. The van der Waals surface area contributed by atoms with Gasteiger partial charge in [-0.05, 0) is 37.1 Å². The maximum Gasteiger partial charge on any atom is 0.319 e. The number of amides is 2. The zero-order valence-corrected chi connectivity index (χ0v) is 12.8. The summed E-state index contributed by atoms with van der Waals surface area (Å²) in [6.45, 7) is 0.326. The lowest BCUT2D eigenvalue weighted by Crippen LogP contribution is -2.38. The van der Waals surface area contributed by atoms with Gasteiger partial charge in [0.25, 0.3) is 0 Å². The Bertz CT molecular complexity index is 458. The molecule has 1 aliphatic rings. The molecule has 1 atom stereocenters. The second-order valence-electron chi connectivity index (χ2n) is 5.66. The topological polar surface area (TPSA) is 96.6 Å². The number of anilines is 1. The standard InChI is InChI=1S/C16H25N3O3/c17-10-14(20)11-22-15-8-6-13(7-9-15)19-16(21)18-12-4-2-1-3-5-12/h6-9,12,14,20H,1-5,10-11,17H2,(H2,18,19,21). The molecule has 2 rings (SSSR count). The van der Waals surface area contributed by atoms with Crippen molar-refractivity contribution in [1.29, 1.82) is 0 Å². The first kappa shape index (κ1) is 16.6. The molecule has 6 heteroatoms. The molecule has 0 aromatic heterocycles. The average molecular weight is 307 g/mol. The predicted octanol–water partition coefficient (Wildman–Crippen LogP) is 1.84. The van der Waals surface area contributed by atoms with Crippen molar-refractivity contribution in [3.05, 3.63) is 24.3 Å². The Morgan fingerprint density at radius 3 is 2.59 bits per heavy atom. The summed E-state index contributed by atoms with van der Waals surface area (Å²) >= 11 is 0. The number of nitrogens with one attached hydrogen (secondary N) is 2. The summed E-state index contributed by atoms with van der Waals surface area (Å²) in [6, 6.07) is 7.15. The van der Waals surface area contributed by atoms with Crippen molar-refractivity contribution in [2.75, 3.05) is 18.5 Å². The van der Waals surface area contributed by atoms with Gasteiger partial charge in [-0.25, -0.2) is 4.79 Å². The Morgan fingerprint density at radius 2 is 1.95 bits per heavy atom. The zero-order valence-electron chi connectivity index (χ0n) is 12.8. The summed E-state index contributed by atoms with van der Waals surface area (Å²) in [5.74, 6) is 0.630. The molecule has 1 unspecified atom stereocenters. The number of carbonyl (C=O) groups excluding carboxylic acids is 1. The Morgan fingerprint density at radius 1 is 1.27 bits per heavy atom. The quantitative estimate of drug-likeness (QED) is 0.645.